The van der Waals surface area contributed by atoms with Crippen molar-refractivity contribution in [1.82, 2.24) is 19.6 Å². The number of aromatic nitrogens is 2. The van der Waals surface area contributed by atoms with Gasteiger partial charge in [-0.15, -0.1) is 0 Å². The number of aliphatic hydroxyl groups excluding tert-OH is 1. The lowest BCUT2D eigenvalue weighted by Gasteiger charge is -2.43. The molecule has 208 valence electrons. The molecule has 1 aromatic heterocycles. The van der Waals surface area contributed by atoms with Crippen molar-refractivity contribution in [2.75, 3.05) is 35.9 Å². The number of nitrogens with zero attached hydrogens (tertiary/aromatic N) is 5. The van der Waals surface area contributed by atoms with Gasteiger partial charge < -0.3 is 15.3 Å². The van der Waals surface area contributed by atoms with Gasteiger partial charge in [0, 0.05) is 31.9 Å². The van der Waals surface area contributed by atoms with E-state index in [1.54, 1.807) is 27.8 Å². The molecule has 4 atom stereocenters. The lowest BCUT2D eigenvalue weighted by Crippen LogP contribution is -2.54. The first-order valence-electron chi connectivity index (χ1n) is 13.2. The number of nitriles is 1. The number of nitrogens with one attached hydrogen (secondary N) is 2. The fourth-order valence-electron chi connectivity index (χ4n) is 5.79. The maximum absolute atomic E-state index is 13.9. The molecule has 0 bridgehead atoms. The van der Waals surface area contributed by atoms with Crippen molar-refractivity contribution in [3.63, 3.8) is 0 Å². The molecule has 1 amide bonds. The standard InChI is InChI=1S/C27H35N7O4S/c1-17-8-9-21(31-39(4,37)38)20(11-17)26(36)33-10-6-5-7-23(33)22-12-25-29-27(3,18(2)14-34(25)30-22)32-15-19(13-28)24(35)16-32/h8-9,11-12,14,19,23-24,29,31,35H,5-7,10,15-16H2,1-4H3/t19?,23-,24?,27?/m0/s1. The third-order valence-corrected chi connectivity index (χ3v) is 8.69. The molecule has 3 aliphatic heterocycles. The number of likely N-dealkylation sites (tertiary alicyclic amines) is 2. The molecular formula is C27H35N7O4S. The number of hydrogen-bond acceptors (Lipinski definition) is 8. The predicted octanol–water partition coefficient (Wildman–Crippen LogP) is 2.75. The van der Waals surface area contributed by atoms with E-state index in [4.69, 9.17) is 5.10 Å². The van der Waals surface area contributed by atoms with E-state index < -0.39 is 27.7 Å². The molecular weight excluding hydrogens is 518 g/mol. The van der Waals surface area contributed by atoms with Crippen LogP contribution in [-0.4, -0.2) is 76.7 Å². The Bertz CT molecular complexity index is 1480. The van der Waals surface area contributed by atoms with Gasteiger partial charge in [0.2, 0.25) is 10.0 Å². The largest absolute Gasteiger partial charge is 0.390 e. The summed E-state index contributed by atoms with van der Waals surface area (Å²) in [5.41, 5.74) is 2.58. The van der Waals surface area contributed by atoms with Gasteiger partial charge >= 0.3 is 0 Å². The van der Waals surface area contributed by atoms with E-state index in [-0.39, 0.29) is 17.6 Å². The molecule has 2 aromatic rings. The zero-order valence-corrected chi connectivity index (χ0v) is 23.5. The fourth-order valence-corrected chi connectivity index (χ4v) is 6.37. The molecule has 0 spiro atoms. The Morgan fingerprint density at radius 2 is 2.03 bits per heavy atom. The normalized spacial score (nSPS) is 27.3. The number of anilines is 2. The van der Waals surface area contributed by atoms with Crippen molar-refractivity contribution >= 4 is 33.6 Å². The SMILES string of the molecule is CC1=Cn2nc([C@@H]3CCCCN3C(=O)c3cc(C)ccc3NS(C)(=O)=O)cc2NC1(C)N1CC(O)C(C#N)C1. The lowest BCUT2D eigenvalue weighted by atomic mass is 9.97. The second kappa shape index (κ2) is 9.97. The van der Waals surface area contributed by atoms with Crippen LogP contribution in [0.2, 0.25) is 0 Å². The van der Waals surface area contributed by atoms with Gasteiger partial charge in [-0.1, -0.05) is 11.6 Å². The number of aryl methyl sites for hydroxylation is 1. The predicted molar refractivity (Wildman–Crippen MR) is 148 cm³/mol. The molecule has 2 fully saturated rings. The van der Waals surface area contributed by atoms with Crippen molar-refractivity contribution < 1.29 is 18.3 Å². The summed E-state index contributed by atoms with van der Waals surface area (Å²) >= 11 is 0. The van der Waals surface area contributed by atoms with E-state index >= 15 is 0 Å². The summed E-state index contributed by atoms with van der Waals surface area (Å²) in [4.78, 5) is 17.8. The number of benzene rings is 1. The van der Waals surface area contributed by atoms with Gasteiger partial charge in [0.05, 0.1) is 47.3 Å². The smallest absolute Gasteiger partial charge is 0.256 e. The van der Waals surface area contributed by atoms with Crippen molar-refractivity contribution in [3.8, 4) is 6.07 Å². The third-order valence-electron chi connectivity index (χ3n) is 8.10. The van der Waals surface area contributed by atoms with Gasteiger partial charge in [-0.05, 0) is 57.7 Å². The highest BCUT2D eigenvalue weighted by molar-refractivity contribution is 7.92. The molecule has 3 unspecified atom stereocenters. The van der Waals surface area contributed by atoms with Crippen LogP contribution in [0.25, 0.3) is 6.20 Å². The fraction of sp³-hybridized carbons (Fsp3) is 0.519. The van der Waals surface area contributed by atoms with Crippen LogP contribution in [0.5, 0.6) is 0 Å². The van der Waals surface area contributed by atoms with Crippen LogP contribution >= 0.6 is 0 Å². The molecule has 11 nitrogen and oxygen atoms in total. The monoisotopic (exact) mass is 553 g/mol. The molecule has 3 N–H and O–H groups in total. The van der Waals surface area contributed by atoms with E-state index in [9.17, 15) is 23.6 Å². The van der Waals surface area contributed by atoms with Gasteiger partial charge in [0.15, 0.2) is 0 Å². The number of carbonyl (C=O) groups excluding carboxylic acids is 1. The van der Waals surface area contributed by atoms with Crippen molar-refractivity contribution in [2.45, 2.75) is 57.8 Å². The first-order chi connectivity index (χ1) is 18.4. The average molecular weight is 554 g/mol. The number of carbonyl (C=O) groups is 1. The average Bonchev–Trinajstić information content (AvgIpc) is 3.47. The summed E-state index contributed by atoms with van der Waals surface area (Å²) in [6, 6.07) is 9.01. The molecule has 4 heterocycles. The Balaban J connectivity index is 1.44. The Morgan fingerprint density at radius 3 is 2.72 bits per heavy atom. The van der Waals surface area contributed by atoms with Gasteiger partial charge in [0.1, 0.15) is 11.5 Å². The van der Waals surface area contributed by atoms with E-state index in [1.165, 1.54) is 0 Å². The molecule has 5 rings (SSSR count). The number of fused-ring (bicyclic) bond motifs is 1. The Morgan fingerprint density at radius 1 is 1.26 bits per heavy atom. The van der Waals surface area contributed by atoms with E-state index in [0.717, 1.165) is 48.2 Å². The summed E-state index contributed by atoms with van der Waals surface area (Å²) < 4.78 is 28.2. The Kier molecular flexibility index (Phi) is 6.95. The Labute approximate surface area is 229 Å². The zero-order valence-electron chi connectivity index (χ0n) is 22.7. The maximum atomic E-state index is 13.9. The number of piperidine rings is 1. The maximum Gasteiger partial charge on any atom is 0.256 e. The van der Waals surface area contributed by atoms with Gasteiger partial charge in [0.25, 0.3) is 5.91 Å². The molecule has 1 aromatic carbocycles. The van der Waals surface area contributed by atoms with Crippen LogP contribution in [-0.2, 0) is 10.0 Å². The summed E-state index contributed by atoms with van der Waals surface area (Å²) in [5, 5.41) is 28.1. The van der Waals surface area contributed by atoms with Gasteiger partial charge in [-0.25, -0.2) is 13.1 Å². The second-order valence-electron chi connectivity index (χ2n) is 11.0. The van der Waals surface area contributed by atoms with Crippen LogP contribution in [0.4, 0.5) is 11.5 Å². The number of amides is 1. The number of rotatable bonds is 5. The van der Waals surface area contributed by atoms with E-state index in [0.29, 0.717) is 25.2 Å². The minimum atomic E-state index is -3.57. The number of hydrogen-bond donors (Lipinski definition) is 3. The summed E-state index contributed by atoms with van der Waals surface area (Å²) in [6.45, 7) is 7.28. The molecule has 0 aliphatic carbocycles. The van der Waals surface area contributed by atoms with E-state index in [2.05, 4.69) is 21.0 Å². The van der Waals surface area contributed by atoms with Crippen molar-refractivity contribution in [1.29, 1.82) is 5.26 Å². The van der Waals surface area contributed by atoms with Crippen LogP contribution in [0, 0.1) is 24.2 Å². The summed E-state index contributed by atoms with van der Waals surface area (Å²) in [5.74, 6) is 0.0870. The summed E-state index contributed by atoms with van der Waals surface area (Å²) in [7, 11) is -3.57. The minimum absolute atomic E-state index is 0.237. The highest BCUT2D eigenvalue weighted by Crippen LogP contribution is 2.39. The first-order valence-corrected chi connectivity index (χ1v) is 15.1. The zero-order chi connectivity index (χ0) is 28.1. The van der Waals surface area contributed by atoms with Gasteiger partial charge in [-0.2, -0.15) is 10.4 Å². The first kappa shape index (κ1) is 27.2. The molecule has 2 saturated heterocycles. The highest BCUT2D eigenvalue weighted by atomic mass is 32.2. The topological polar surface area (TPSA) is 144 Å². The molecule has 0 saturated carbocycles. The van der Waals surface area contributed by atoms with Crippen LogP contribution in [0.3, 0.4) is 0 Å². The van der Waals surface area contributed by atoms with Crippen LogP contribution in [0.15, 0.2) is 29.8 Å². The minimum Gasteiger partial charge on any atom is -0.390 e. The second-order valence-corrected chi connectivity index (χ2v) is 12.8. The van der Waals surface area contributed by atoms with Gasteiger partial charge in [-0.3, -0.25) is 14.4 Å². The van der Waals surface area contributed by atoms with Crippen molar-refractivity contribution in [3.05, 3.63) is 46.7 Å². The van der Waals surface area contributed by atoms with Crippen molar-refractivity contribution in [2.24, 2.45) is 5.92 Å². The third kappa shape index (κ3) is 5.14. The van der Waals surface area contributed by atoms with Crippen LogP contribution in [0.1, 0.15) is 60.8 Å². The summed E-state index contributed by atoms with van der Waals surface area (Å²) in [6.07, 6.45) is 4.86. The Hall–Kier alpha value is -3.40. The molecule has 39 heavy (non-hydrogen) atoms. The number of aliphatic hydroxyl groups is 1. The number of sulfonamides is 1. The molecule has 3 aliphatic rings. The quantitative estimate of drug-likeness (QED) is 0.513. The number of β-amino-alcohol motifs (C(OH)–C–C–N with tert-alkyl or cyclic N) is 1. The highest BCUT2D eigenvalue weighted by Gasteiger charge is 2.44. The molecule has 0 radical (unpaired) electrons. The lowest BCUT2D eigenvalue weighted by molar-refractivity contribution is 0.0606. The van der Waals surface area contributed by atoms with Crippen LogP contribution < -0.4 is 10.0 Å². The molecule has 12 heteroatoms. The van der Waals surface area contributed by atoms with E-state index in [1.807, 2.05) is 33.0 Å².